The van der Waals surface area contributed by atoms with Gasteiger partial charge in [0.05, 0.1) is 29.6 Å². The van der Waals surface area contributed by atoms with E-state index in [0.717, 1.165) is 0 Å². The highest BCUT2D eigenvalue weighted by Gasteiger charge is 2.17. The number of hydrogen-bond acceptors (Lipinski definition) is 6. The summed E-state index contributed by atoms with van der Waals surface area (Å²) in [5, 5.41) is 9.62. The Morgan fingerprint density at radius 2 is 1.97 bits per heavy atom. The second kappa shape index (κ2) is 9.48. The molecule has 1 aromatic heterocycles. The second-order valence-electron chi connectivity index (χ2n) is 6.23. The van der Waals surface area contributed by atoms with E-state index >= 15 is 0 Å². The van der Waals surface area contributed by atoms with Crippen LogP contribution in [-0.4, -0.2) is 47.6 Å². The van der Waals surface area contributed by atoms with E-state index in [1.807, 2.05) is 6.07 Å². The van der Waals surface area contributed by atoms with E-state index in [4.69, 9.17) is 14.7 Å². The fourth-order valence-corrected chi connectivity index (χ4v) is 2.80. The summed E-state index contributed by atoms with van der Waals surface area (Å²) in [6.45, 7) is 0.471. The molecular formula is C21H20N4O4. The van der Waals surface area contributed by atoms with Crippen molar-refractivity contribution in [3.8, 4) is 11.8 Å². The number of ether oxygens (including phenoxy) is 2. The first kappa shape index (κ1) is 20.0. The molecule has 2 aromatic carbocycles. The average Bonchev–Trinajstić information content (AvgIpc) is 2.75. The van der Waals surface area contributed by atoms with Gasteiger partial charge in [-0.1, -0.05) is 24.3 Å². The standard InChI is InChI=1S/C21H20N4O4/c1-28-11-10-25(20(26)14-29-18-9-5-2-6-15(18)12-22)13-19-23-17-8-4-3-7-16(17)21(27)24-19/h2-9H,10-11,13-14H2,1H3,(H,23,24,27). The van der Waals surface area contributed by atoms with Gasteiger partial charge in [-0.15, -0.1) is 0 Å². The van der Waals surface area contributed by atoms with Gasteiger partial charge in [0.15, 0.2) is 6.61 Å². The third-order valence-corrected chi connectivity index (χ3v) is 4.28. The number of hydrogen-bond donors (Lipinski definition) is 1. The molecule has 0 radical (unpaired) electrons. The van der Waals surface area contributed by atoms with E-state index < -0.39 is 0 Å². The molecule has 8 heteroatoms. The molecule has 1 N–H and O–H groups in total. The van der Waals surface area contributed by atoms with Crippen molar-refractivity contribution in [2.24, 2.45) is 0 Å². The number of para-hydroxylation sites is 2. The molecular weight excluding hydrogens is 372 g/mol. The van der Waals surface area contributed by atoms with Crippen LogP contribution >= 0.6 is 0 Å². The molecule has 0 spiro atoms. The molecule has 0 bridgehead atoms. The van der Waals surface area contributed by atoms with Crippen molar-refractivity contribution in [1.82, 2.24) is 14.9 Å². The molecule has 0 unspecified atom stereocenters. The fourth-order valence-electron chi connectivity index (χ4n) is 2.80. The number of fused-ring (bicyclic) bond motifs is 1. The molecule has 8 nitrogen and oxygen atoms in total. The summed E-state index contributed by atoms with van der Waals surface area (Å²) >= 11 is 0. The first-order valence-corrected chi connectivity index (χ1v) is 8.99. The Morgan fingerprint density at radius 1 is 1.21 bits per heavy atom. The van der Waals surface area contributed by atoms with Crippen LogP contribution in [0.3, 0.4) is 0 Å². The number of methoxy groups -OCH3 is 1. The first-order valence-electron chi connectivity index (χ1n) is 8.99. The Labute approximate surface area is 167 Å². The number of H-pyrrole nitrogens is 1. The smallest absolute Gasteiger partial charge is 0.260 e. The molecule has 3 aromatic rings. The van der Waals surface area contributed by atoms with Gasteiger partial charge in [-0.2, -0.15) is 5.26 Å². The lowest BCUT2D eigenvalue weighted by atomic mass is 10.2. The van der Waals surface area contributed by atoms with Crippen molar-refractivity contribution in [2.75, 3.05) is 26.9 Å². The zero-order valence-corrected chi connectivity index (χ0v) is 15.9. The predicted octanol–water partition coefficient (Wildman–Crippen LogP) is 1.85. The highest BCUT2D eigenvalue weighted by atomic mass is 16.5. The monoisotopic (exact) mass is 392 g/mol. The molecule has 0 atom stereocenters. The van der Waals surface area contributed by atoms with Crippen LogP contribution in [0.25, 0.3) is 10.9 Å². The zero-order valence-electron chi connectivity index (χ0n) is 15.9. The number of carbonyl (C=O) groups is 1. The van der Waals surface area contributed by atoms with Gasteiger partial charge < -0.3 is 19.4 Å². The zero-order chi connectivity index (χ0) is 20.6. The number of amides is 1. The normalized spacial score (nSPS) is 10.5. The number of aromatic nitrogens is 2. The average molecular weight is 392 g/mol. The van der Waals surface area contributed by atoms with Crippen LogP contribution < -0.4 is 10.3 Å². The third-order valence-electron chi connectivity index (χ3n) is 4.28. The van der Waals surface area contributed by atoms with Crippen LogP contribution in [0.4, 0.5) is 0 Å². The molecule has 1 amide bonds. The summed E-state index contributed by atoms with van der Waals surface area (Å²) in [4.78, 5) is 33.6. The quantitative estimate of drug-likeness (QED) is 0.627. The number of benzene rings is 2. The minimum absolute atomic E-state index is 0.103. The van der Waals surface area contributed by atoms with E-state index in [1.165, 1.54) is 4.90 Å². The molecule has 0 fully saturated rings. The fraction of sp³-hybridized carbons (Fsp3) is 0.238. The van der Waals surface area contributed by atoms with Gasteiger partial charge >= 0.3 is 0 Å². The molecule has 0 saturated heterocycles. The molecule has 0 saturated carbocycles. The molecule has 0 aliphatic carbocycles. The Hall–Kier alpha value is -3.70. The van der Waals surface area contributed by atoms with Crippen LogP contribution in [0.5, 0.6) is 5.75 Å². The number of nitriles is 1. The van der Waals surface area contributed by atoms with Crippen molar-refractivity contribution in [3.05, 3.63) is 70.3 Å². The van der Waals surface area contributed by atoms with Gasteiger partial charge in [0.1, 0.15) is 17.6 Å². The Balaban J connectivity index is 1.76. The van der Waals surface area contributed by atoms with Gasteiger partial charge in [-0.3, -0.25) is 9.59 Å². The van der Waals surface area contributed by atoms with Crippen molar-refractivity contribution in [1.29, 1.82) is 5.26 Å². The van der Waals surface area contributed by atoms with Crippen molar-refractivity contribution < 1.29 is 14.3 Å². The number of carbonyl (C=O) groups excluding carboxylic acids is 1. The summed E-state index contributed by atoms with van der Waals surface area (Å²) in [5.74, 6) is 0.397. The van der Waals surface area contributed by atoms with Crippen LogP contribution in [0.2, 0.25) is 0 Å². The maximum atomic E-state index is 12.7. The van der Waals surface area contributed by atoms with E-state index in [9.17, 15) is 9.59 Å². The minimum atomic E-state index is -0.314. The van der Waals surface area contributed by atoms with Crippen LogP contribution in [0.1, 0.15) is 11.4 Å². The summed E-state index contributed by atoms with van der Waals surface area (Å²) in [6.07, 6.45) is 0. The van der Waals surface area contributed by atoms with Crippen molar-refractivity contribution >= 4 is 16.8 Å². The highest BCUT2D eigenvalue weighted by molar-refractivity contribution is 5.78. The maximum absolute atomic E-state index is 12.7. The molecule has 0 aliphatic rings. The largest absolute Gasteiger partial charge is 0.482 e. The molecule has 3 rings (SSSR count). The van der Waals surface area contributed by atoms with Gasteiger partial charge in [-0.05, 0) is 24.3 Å². The van der Waals surface area contributed by atoms with Crippen LogP contribution in [0.15, 0.2) is 53.3 Å². The van der Waals surface area contributed by atoms with Crippen molar-refractivity contribution in [3.63, 3.8) is 0 Å². The second-order valence-corrected chi connectivity index (χ2v) is 6.23. The summed E-state index contributed by atoms with van der Waals surface area (Å²) in [7, 11) is 1.54. The van der Waals surface area contributed by atoms with Gasteiger partial charge in [-0.25, -0.2) is 4.98 Å². The third kappa shape index (κ3) is 4.97. The maximum Gasteiger partial charge on any atom is 0.260 e. The summed E-state index contributed by atoms with van der Waals surface area (Å²) < 4.78 is 10.6. The topological polar surface area (TPSA) is 108 Å². The first-order chi connectivity index (χ1) is 14.1. The van der Waals surface area contributed by atoms with E-state index in [1.54, 1.807) is 55.6 Å². The lowest BCUT2D eigenvalue weighted by Gasteiger charge is -2.22. The SMILES string of the molecule is COCCN(Cc1nc2ccccc2c(=O)[nH]1)C(=O)COc1ccccc1C#N. The summed E-state index contributed by atoms with van der Waals surface area (Å²) in [5.41, 5.74) is 0.651. The van der Waals surface area contributed by atoms with E-state index in [2.05, 4.69) is 9.97 Å². The Morgan fingerprint density at radius 3 is 2.76 bits per heavy atom. The Kier molecular flexibility index (Phi) is 6.55. The molecule has 29 heavy (non-hydrogen) atoms. The van der Waals surface area contributed by atoms with E-state index in [0.29, 0.717) is 41.2 Å². The molecule has 148 valence electrons. The lowest BCUT2D eigenvalue weighted by molar-refractivity contribution is -0.134. The van der Waals surface area contributed by atoms with Gasteiger partial charge in [0.2, 0.25) is 0 Å². The number of nitrogens with zero attached hydrogens (tertiary/aromatic N) is 3. The molecule has 1 heterocycles. The highest BCUT2D eigenvalue weighted by Crippen LogP contribution is 2.16. The molecule has 0 aliphatic heterocycles. The van der Waals surface area contributed by atoms with Gasteiger partial charge in [0.25, 0.3) is 11.5 Å². The number of nitrogens with one attached hydrogen (secondary N) is 1. The minimum Gasteiger partial charge on any atom is -0.482 e. The number of rotatable bonds is 8. The van der Waals surface area contributed by atoms with Gasteiger partial charge in [0, 0.05) is 13.7 Å². The Bertz CT molecular complexity index is 1100. The predicted molar refractivity (Wildman–Crippen MR) is 106 cm³/mol. The number of aromatic amines is 1. The summed E-state index contributed by atoms with van der Waals surface area (Å²) in [6, 6.07) is 15.7. The van der Waals surface area contributed by atoms with Crippen LogP contribution in [-0.2, 0) is 16.1 Å². The van der Waals surface area contributed by atoms with Crippen molar-refractivity contribution in [2.45, 2.75) is 6.54 Å². The lowest BCUT2D eigenvalue weighted by Crippen LogP contribution is -2.37. The van der Waals surface area contributed by atoms with E-state index in [-0.39, 0.29) is 24.6 Å². The van der Waals surface area contributed by atoms with Crippen LogP contribution in [0, 0.1) is 11.3 Å².